The van der Waals surface area contributed by atoms with Crippen LogP contribution >= 0.6 is 11.8 Å². The van der Waals surface area contributed by atoms with Crippen LogP contribution in [0, 0.1) is 6.92 Å². The van der Waals surface area contributed by atoms with E-state index in [9.17, 15) is 9.59 Å². The molecule has 0 heterocycles. The first-order valence-electron chi connectivity index (χ1n) is 8.79. The van der Waals surface area contributed by atoms with E-state index in [4.69, 9.17) is 0 Å². The van der Waals surface area contributed by atoms with Gasteiger partial charge in [-0.2, -0.15) is 0 Å². The minimum atomic E-state index is -0.0969. The summed E-state index contributed by atoms with van der Waals surface area (Å²) in [5.41, 5.74) is 4.09. The van der Waals surface area contributed by atoms with Crippen LogP contribution in [-0.4, -0.2) is 49.4 Å². The molecule has 0 aliphatic rings. The number of amides is 2. The smallest absolute Gasteiger partial charge is 0.234 e. The highest BCUT2D eigenvalue weighted by Crippen LogP contribution is 2.14. The van der Waals surface area contributed by atoms with Crippen molar-refractivity contribution in [3.05, 3.63) is 59.7 Å². The van der Waals surface area contributed by atoms with Crippen LogP contribution in [0.1, 0.15) is 11.1 Å². The lowest BCUT2D eigenvalue weighted by molar-refractivity contribution is -0.127. The molecule has 0 spiro atoms. The molecule has 5 nitrogen and oxygen atoms in total. The number of carbonyl (C=O) groups is 2. The summed E-state index contributed by atoms with van der Waals surface area (Å²) in [7, 11) is 5.78. The normalized spacial score (nSPS) is 10.4. The van der Waals surface area contributed by atoms with Crippen LogP contribution in [-0.2, 0) is 16.1 Å². The highest BCUT2D eigenvalue weighted by atomic mass is 32.2. The molecule has 2 aromatic rings. The van der Waals surface area contributed by atoms with E-state index in [2.05, 4.69) is 5.32 Å². The Morgan fingerprint density at radius 1 is 1.00 bits per heavy atom. The summed E-state index contributed by atoms with van der Waals surface area (Å²) in [5, 5.41) is 2.85. The van der Waals surface area contributed by atoms with Crippen molar-refractivity contribution < 1.29 is 9.59 Å². The lowest BCUT2D eigenvalue weighted by atomic mass is 10.2. The SMILES string of the molecule is Cc1cccc(NC(=O)CSCC(=O)N(C)Cc2ccc(N(C)C)cc2)c1. The van der Waals surface area contributed by atoms with Crippen molar-refractivity contribution >= 4 is 35.0 Å². The van der Waals surface area contributed by atoms with Gasteiger partial charge in [0, 0.05) is 39.1 Å². The number of nitrogens with zero attached hydrogens (tertiary/aromatic N) is 2. The maximum Gasteiger partial charge on any atom is 0.234 e. The summed E-state index contributed by atoms with van der Waals surface area (Å²) in [5.74, 6) is 0.457. The van der Waals surface area contributed by atoms with Gasteiger partial charge in [-0.15, -0.1) is 11.8 Å². The van der Waals surface area contributed by atoms with Crippen molar-refractivity contribution in [3.8, 4) is 0 Å². The Bertz CT molecular complexity index is 775. The molecule has 0 unspecified atom stereocenters. The summed E-state index contributed by atoms with van der Waals surface area (Å²) in [6, 6.07) is 15.8. The molecule has 0 aliphatic heterocycles. The van der Waals surface area contributed by atoms with Crippen LogP contribution in [0.15, 0.2) is 48.5 Å². The summed E-state index contributed by atoms with van der Waals surface area (Å²) < 4.78 is 0. The monoisotopic (exact) mass is 385 g/mol. The maximum atomic E-state index is 12.3. The zero-order chi connectivity index (χ0) is 19.8. The molecule has 27 heavy (non-hydrogen) atoms. The zero-order valence-corrected chi connectivity index (χ0v) is 17.2. The molecule has 144 valence electrons. The van der Waals surface area contributed by atoms with Gasteiger partial charge in [0.05, 0.1) is 11.5 Å². The Kier molecular flexibility index (Phi) is 7.73. The fraction of sp³-hybridized carbons (Fsp3) is 0.333. The first kappa shape index (κ1) is 20.8. The molecule has 0 aliphatic carbocycles. The van der Waals surface area contributed by atoms with Crippen molar-refractivity contribution in [2.45, 2.75) is 13.5 Å². The highest BCUT2D eigenvalue weighted by Gasteiger charge is 2.11. The minimum absolute atomic E-state index is 0.0139. The van der Waals surface area contributed by atoms with Gasteiger partial charge in [-0.3, -0.25) is 9.59 Å². The van der Waals surface area contributed by atoms with E-state index in [1.54, 1.807) is 11.9 Å². The second-order valence-electron chi connectivity index (χ2n) is 6.72. The third-order valence-corrected chi connectivity index (χ3v) is 4.98. The van der Waals surface area contributed by atoms with E-state index in [1.807, 2.05) is 74.4 Å². The number of benzene rings is 2. The van der Waals surface area contributed by atoms with Crippen molar-refractivity contribution in [2.75, 3.05) is 42.9 Å². The van der Waals surface area contributed by atoms with E-state index in [0.29, 0.717) is 6.54 Å². The van der Waals surface area contributed by atoms with Gasteiger partial charge in [-0.25, -0.2) is 0 Å². The van der Waals surface area contributed by atoms with E-state index in [-0.39, 0.29) is 23.3 Å². The molecule has 0 fully saturated rings. The molecule has 0 radical (unpaired) electrons. The molecule has 2 aromatic carbocycles. The van der Waals surface area contributed by atoms with Gasteiger partial charge in [0.1, 0.15) is 0 Å². The number of nitrogens with one attached hydrogen (secondary N) is 1. The van der Waals surface area contributed by atoms with E-state index in [1.165, 1.54) is 11.8 Å². The van der Waals surface area contributed by atoms with Crippen molar-refractivity contribution in [1.82, 2.24) is 4.90 Å². The first-order chi connectivity index (χ1) is 12.8. The Hall–Kier alpha value is -2.47. The summed E-state index contributed by atoms with van der Waals surface area (Å²) in [6.45, 7) is 2.54. The molecule has 2 amide bonds. The lowest BCUT2D eigenvalue weighted by Gasteiger charge is -2.18. The Labute approximate surface area is 165 Å². The number of anilines is 2. The predicted octanol–water partition coefficient (Wildman–Crippen LogP) is 3.39. The third kappa shape index (κ3) is 6.98. The van der Waals surface area contributed by atoms with Crippen LogP contribution in [0.4, 0.5) is 11.4 Å². The molecule has 0 aromatic heterocycles. The summed E-state index contributed by atoms with van der Waals surface area (Å²) in [4.78, 5) is 28.0. The van der Waals surface area contributed by atoms with Crippen molar-refractivity contribution in [3.63, 3.8) is 0 Å². The van der Waals surface area contributed by atoms with Crippen LogP contribution in [0.2, 0.25) is 0 Å². The number of aryl methyl sites for hydroxylation is 1. The van der Waals surface area contributed by atoms with Gasteiger partial charge in [0.25, 0.3) is 0 Å². The topological polar surface area (TPSA) is 52.7 Å². The fourth-order valence-electron chi connectivity index (χ4n) is 2.52. The van der Waals surface area contributed by atoms with E-state index >= 15 is 0 Å². The quantitative estimate of drug-likeness (QED) is 0.757. The molecule has 0 bridgehead atoms. The Morgan fingerprint density at radius 2 is 1.70 bits per heavy atom. The van der Waals surface area contributed by atoms with Gasteiger partial charge in [0.2, 0.25) is 11.8 Å². The second-order valence-corrected chi connectivity index (χ2v) is 7.71. The predicted molar refractivity (Wildman–Crippen MR) is 114 cm³/mol. The average molecular weight is 386 g/mol. The summed E-state index contributed by atoms with van der Waals surface area (Å²) >= 11 is 1.33. The van der Waals surface area contributed by atoms with Gasteiger partial charge < -0.3 is 15.1 Å². The number of thioether (sulfide) groups is 1. The second kappa shape index (κ2) is 10.0. The molecular formula is C21H27N3O2S. The van der Waals surface area contributed by atoms with Crippen molar-refractivity contribution in [1.29, 1.82) is 0 Å². The van der Waals surface area contributed by atoms with Gasteiger partial charge >= 0.3 is 0 Å². The molecular weight excluding hydrogens is 358 g/mol. The number of hydrogen-bond donors (Lipinski definition) is 1. The third-order valence-electron chi connectivity index (χ3n) is 4.06. The summed E-state index contributed by atoms with van der Waals surface area (Å²) in [6.07, 6.45) is 0. The first-order valence-corrected chi connectivity index (χ1v) is 9.95. The highest BCUT2D eigenvalue weighted by molar-refractivity contribution is 8.00. The van der Waals surface area contributed by atoms with Gasteiger partial charge in [-0.05, 0) is 42.3 Å². The molecule has 0 atom stereocenters. The number of carbonyl (C=O) groups excluding carboxylic acids is 2. The Morgan fingerprint density at radius 3 is 2.33 bits per heavy atom. The average Bonchev–Trinajstić information content (AvgIpc) is 2.62. The largest absolute Gasteiger partial charge is 0.378 e. The minimum Gasteiger partial charge on any atom is -0.378 e. The number of rotatable bonds is 8. The standard InChI is InChI=1S/C21H27N3O2S/c1-16-6-5-7-18(12-16)22-20(25)14-27-15-21(26)24(4)13-17-8-10-19(11-9-17)23(2)3/h5-12H,13-15H2,1-4H3,(H,22,25). The van der Waals surface area contributed by atoms with Crippen molar-refractivity contribution in [2.24, 2.45) is 0 Å². The molecule has 1 N–H and O–H groups in total. The van der Waals surface area contributed by atoms with Gasteiger partial charge in [-0.1, -0.05) is 24.3 Å². The fourth-order valence-corrected chi connectivity index (χ4v) is 3.28. The number of hydrogen-bond acceptors (Lipinski definition) is 4. The van der Waals surface area contributed by atoms with E-state index in [0.717, 1.165) is 22.5 Å². The molecule has 2 rings (SSSR count). The lowest BCUT2D eigenvalue weighted by Crippen LogP contribution is -2.28. The van der Waals surface area contributed by atoms with Gasteiger partial charge in [0.15, 0.2) is 0 Å². The molecule has 0 saturated carbocycles. The van der Waals surface area contributed by atoms with Crippen LogP contribution in [0.25, 0.3) is 0 Å². The Balaban J connectivity index is 1.73. The van der Waals surface area contributed by atoms with E-state index < -0.39 is 0 Å². The molecule has 6 heteroatoms. The maximum absolute atomic E-state index is 12.3. The van der Waals surface area contributed by atoms with Crippen LogP contribution in [0.5, 0.6) is 0 Å². The zero-order valence-electron chi connectivity index (χ0n) is 16.4. The van der Waals surface area contributed by atoms with Crippen LogP contribution < -0.4 is 10.2 Å². The van der Waals surface area contributed by atoms with Crippen LogP contribution in [0.3, 0.4) is 0 Å². The molecule has 0 saturated heterocycles.